The standard InChI is InChI=1S/C22H30FN9.2ClH/c1-6-16-10-18(26-15(4)20(16)23)28-22-25-11-17(32-8-7-24-13(2)12-32)21(29-22)27-19-9-14(3)31(5)30-19;;/h9-11,13,24H,6-8,12H2,1-5H3,(H2,25,26,27,28,29,30);2*1H. The zero-order valence-electron chi connectivity index (χ0n) is 20.0. The number of hydrogen-bond donors (Lipinski definition) is 3. The Balaban J connectivity index is 0.00000204. The molecular weight excluding hydrogens is 480 g/mol. The van der Waals surface area contributed by atoms with Crippen molar-refractivity contribution in [3.05, 3.63) is 41.1 Å². The second kappa shape index (κ2) is 11.6. The number of rotatable bonds is 6. The van der Waals surface area contributed by atoms with Gasteiger partial charge in [0.05, 0.1) is 17.6 Å². The Hall–Kier alpha value is -2.69. The molecule has 186 valence electrons. The predicted octanol–water partition coefficient (Wildman–Crippen LogP) is 4.05. The van der Waals surface area contributed by atoms with Crippen LogP contribution in [0.2, 0.25) is 0 Å². The maximum absolute atomic E-state index is 14.2. The van der Waals surface area contributed by atoms with Crippen LogP contribution in [0.5, 0.6) is 0 Å². The minimum absolute atomic E-state index is 0. The summed E-state index contributed by atoms with van der Waals surface area (Å²) in [4.78, 5) is 15.8. The molecule has 12 heteroatoms. The number of aromatic nitrogens is 5. The molecule has 0 aromatic carbocycles. The van der Waals surface area contributed by atoms with E-state index in [0.29, 0.717) is 47.1 Å². The summed E-state index contributed by atoms with van der Waals surface area (Å²) in [6, 6.07) is 4.04. The van der Waals surface area contributed by atoms with Gasteiger partial charge in [0, 0.05) is 44.5 Å². The van der Waals surface area contributed by atoms with Gasteiger partial charge in [-0.05, 0) is 38.8 Å². The van der Waals surface area contributed by atoms with Crippen LogP contribution in [0.3, 0.4) is 0 Å². The molecule has 0 bridgehead atoms. The first-order valence-electron chi connectivity index (χ1n) is 10.9. The third-order valence-electron chi connectivity index (χ3n) is 5.66. The smallest absolute Gasteiger partial charge is 0.230 e. The zero-order valence-corrected chi connectivity index (χ0v) is 21.6. The number of nitrogens with zero attached hydrogens (tertiary/aromatic N) is 6. The lowest BCUT2D eigenvalue weighted by atomic mass is 10.1. The van der Waals surface area contributed by atoms with E-state index < -0.39 is 0 Å². The number of piperazine rings is 1. The molecule has 1 unspecified atom stereocenters. The van der Waals surface area contributed by atoms with Gasteiger partial charge in [0.25, 0.3) is 0 Å². The molecule has 1 fully saturated rings. The van der Waals surface area contributed by atoms with E-state index in [-0.39, 0.29) is 30.6 Å². The van der Waals surface area contributed by atoms with Crippen LogP contribution in [0.4, 0.5) is 33.5 Å². The van der Waals surface area contributed by atoms with Crippen molar-refractivity contribution in [2.45, 2.75) is 40.2 Å². The molecule has 1 aliphatic heterocycles. The third kappa shape index (κ3) is 6.05. The Bertz CT molecular complexity index is 1100. The Morgan fingerprint density at radius 1 is 1.15 bits per heavy atom. The van der Waals surface area contributed by atoms with Crippen LogP contribution in [0.15, 0.2) is 18.3 Å². The van der Waals surface area contributed by atoms with Gasteiger partial charge >= 0.3 is 0 Å². The van der Waals surface area contributed by atoms with E-state index in [1.54, 1.807) is 13.0 Å². The topological polar surface area (TPSA) is 95.8 Å². The first-order valence-corrected chi connectivity index (χ1v) is 10.9. The number of nitrogens with one attached hydrogen (secondary N) is 3. The second-order valence-electron chi connectivity index (χ2n) is 8.19. The van der Waals surface area contributed by atoms with Crippen LogP contribution < -0.4 is 20.9 Å². The molecule has 34 heavy (non-hydrogen) atoms. The van der Waals surface area contributed by atoms with E-state index in [9.17, 15) is 4.39 Å². The van der Waals surface area contributed by atoms with Gasteiger partial charge in [0.1, 0.15) is 11.6 Å². The first kappa shape index (κ1) is 27.6. The van der Waals surface area contributed by atoms with Crippen molar-refractivity contribution in [2.75, 3.05) is 35.2 Å². The number of pyridine rings is 1. The molecule has 4 heterocycles. The Morgan fingerprint density at radius 3 is 2.56 bits per heavy atom. The molecule has 1 aliphatic rings. The Kier molecular flexibility index (Phi) is 9.43. The van der Waals surface area contributed by atoms with Crippen LogP contribution in [-0.4, -0.2) is 50.4 Å². The predicted molar refractivity (Wildman–Crippen MR) is 139 cm³/mol. The van der Waals surface area contributed by atoms with Crippen LogP contribution in [-0.2, 0) is 13.5 Å². The fraction of sp³-hybridized carbons (Fsp3) is 0.455. The third-order valence-corrected chi connectivity index (χ3v) is 5.66. The molecule has 4 rings (SSSR count). The van der Waals surface area contributed by atoms with Gasteiger partial charge in [-0.25, -0.2) is 14.4 Å². The normalized spacial score (nSPS) is 15.4. The summed E-state index contributed by atoms with van der Waals surface area (Å²) >= 11 is 0. The average molecular weight is 512 g/mol. The maximum atomic E-state index is 14.2. The highest BCUT2D eigenvalue weighted by Gasteiger charge is 2.21. The molecule has 9 nitrogen and oxygen atoms in total. The highest BCUT2D eigenvalue weighted by Crippen LogP contribution is 2.29. The van der Waals surface area contributed by atoms with Crippen molar-refractivity contribution in [1.29, 1.82) is 0 Å². The van der Waals surface area contributed by atoms with E-state index in [4.69, 9.17) is 4.98 Å². The summed E-state index contributed by atoms with van der Waals surface area (Å²) in [6.45, 7) is 10.3. The summed E-state index contributed by atoms with van der Waals surface area (Å²) in [6.07, 6.45) is 2.39. The van der Waals surface area contributed by atoms with Gasteiger partial charge in [-0.2, -0.15) is 10.1 Å². The van der Waals surface area contributed by atoms with Gasteiger partial charge in [0.15, 0.2) is 11.6 Å². The minimum atomic E-state index is -0.268. The Morgan fingerprint density at radius 2 is 1.91 bits per heavy atom. The molecule has 0 spiro atoms. The first-order chi connectivity index (χ1) is 15.3. The summed E-state index contributed by atoms with van der Waals surface area (Å²) in [5, 5.41) is 14.4. The number of halogens is 3. The van der Waals surface area contributed by atoms with Crippen molar-refractivity contribution in [2.24, 2.45) is 7.05 Å². The van der Waals surface area contributed by atoms with Gasteiger partial charge in [-0.1, -0.05) is 6.92 Å². The fourth-order valence-electron chi connectivity index (χ4n) is 3.81. The summed E-state index contributed by atoms with van der Waals surface area (Å²) < 4.78 is 16.0. The van der Waals surface area contributed by atoms with E-state index in [1.807, 2.05) is 37.8 Å². The monoisotopic (exact) mass is 511 g/mol. The lowest BCUT2D eigenvalue weighted by Crippen LogP contribution is -2.49. The molecule has 0 amide bonds. The largest absolute Gasteiger partial charge is 0.364 e. The van der Waals surface area contributed by atoms with Crippen molar-refractivity contribution < 1.29 is 4.39 Å². The molecule has 1 saturated heterocycles. The molecule has 1 atom stereocenters. The maximum Gasteiger partial charge on any atom is 0.230 e. The van der Waals surface area contributed by atoms with E-state index in [0.717, 1.165) is 31.0 Å². The van der Waals surface area contributed by atoms with Gasteiger partial charge in [-0.15, -0.1) is 24.8 Å². The molecule has 0 aliphatic carbocycles. The number of aryl methyl sites for hydroxylation is 4. The van der Waals surface area contributed by atoms with Crippen molar-refractivity contribution in [3.63, 3.8) is 0 Å². The van der Waals surface area contributed by atoms with Gasteiger partial charge < -0.3 is 20.9 Å². The SMILES string of the molecule is CCc1cc(Nc2ncc(N3CCNC(C)C3)c(Nc3cc(C)n(C)n3)n2)nc(C)c1F.Cl.Cl. The molecule has 3 N–H and O–H groups in total. The quantitative estimate of drug-likeness (QED) is 0.456. The van der Waals surface area contributed by atoms with Crippen LogP contribution in [0.25, 0.3) is 0 Å². The molecule has 0 saturated carbocycles. The number of hydrogen-bond acceptors (Lipinski definition) is 8. The molecule has 3 aromatic heterocycles. The molecule has 3 aromatic rings. The second-order valence-corrected chi connectivity index (χ2v) is 8.19. The van der Waals surface area contributed by atoms with Gasteiger partial charge in [-0.3, -0.25) is 4.68 Å². The fourth-order valence-corrected chi connectivity index (χ4v) is 3.81. The average Bonchev–Trinajstić information content (AvgIpc) is 3.07. The van der Waals surface area contributed by atoms with Crippen molar-refractivity contribution in [3.8, 4) is 0 Å². The summed E-state index contributed by atoms with van der Waals surface area (Å²) in [7, 11) is 1.90. The lowest BCUT2D eigenvalue weighted by Gasteiger charge is -2.34. The van der Waals surface area contributed by atoms with E-state index >= 15 is 0 Å². The summed E-state index contributed by atoms with van der Waals surface area (Å²) in [5.41, 5.74) is 2.90. The van der Waals surface area contributed by atoms with Crippen LogP contribution >= 0.6 is 24.8 Å². The highest BCUT2D eigenvalue weighted by atomic mass is 35.5. The van der Waals surface area contributed by atoms with E-state index in [2.05, 4.69) is 42.8 Å². The summed E-state index contributed by atoms with van der Waals surface area (Å²) in [5.74, 6) is 2.00. The zero-order chi connectivity index (χ0) is 22.8. The Labute approximate surface area is 211 Å². The number of anilines is 5. The minimum Gasteiger partial charge on any atom is -0.364 e. The molecule has 0 radical (unpaired) electrons. The highest BCUT2D eigenvalue weighted by molar-refractivity contribution is 5.85. The van der Waals surface area contributed by atoms with Gasteiger partial charge in [0.2, 0.25) is 5.95 Å². The molecular formula is C22H32Cl2FN9. The van der Waals surface area contributed by atoms with Crippen LogP contribution in [0.1, 0.15) is 30.8 Å². The van der Waals surface area contributed by atoms with Crippen molar-refractivity contribution in [1.82, 2.24) is 30.0 Å². The van der Waals surface area contributed by atoms with E-state index in [1.165, 1.54) is 0 Å². The van der Waals surface area contributed by atoms with Crippen molar-refractivity contribution >= 4 is 53.9 Å². The van der Waals surface area contributed by atoms with Crippen LogP contribution in [0, 0.1) is 19.7 Å². The lowest BCUT2D eigenvalue weighted by molar-refractivity contribution is 0.484.